The fourth-order valence-electron chi connectivity index (χ4n) is 0.846. The van der Waals surface area contributed by atoms with Crippen molar-refractivity contribution in [3.63, 3.8) is 0 Å². The highest BCUT2D eigenvalue weighted by Crippen LogP contribution is 2.00. The summed E-state index contributed by atoms with van der Waals surface area (Å²) >= 11 is 0. The molecule has 0 aliphatic carbocycles. The molecule has 0 saturated carbocycles. The molecule has 1 aromatic carbocycles. The Bertz CT molecular complexity index is 417. The maximum atomic E-state index is 8.57. The standard InChI is InChI=1S/C9H10N6.ClH/c10-5-7-1-3-8(4-2-7)6-13-15-9(11)14-12;/h1-4,6H,12H2,(H3,11,14,15);1H/b13-6+;. The van der Waals surface area contributed by atoms with E-state index in [1.54, 1.807) is 30.5 Å². The number of rotatable bonds is 2. The first-order valence-corrected chi connectivity index (χ1v) is 4.09. The Morgan fingerprint density at radius 2 is 2.00 bits per heavy atom. The Balaban J connectivity index is 0.00000225. The van der Waals surface area contributed by atoms with Crippen LogP contribution in [0.2, 0.25) is 0 Å². The molecule has 1 aromatic rings. The zero-order valence-corrected chi connectivity index (χ0v) is 9.11. The quantitative estimate of drug-likeness (QED) is 0.293. The van der Waals surface area contributed by atoms with Crippen LogP contribution in [-0.2, 0) is 0 Å². The number of hydrogen-bond donors (Lipinski definition) is 3. The molecule has 16 heavy (non-hydrogen) atoms. The van der Waals surface area contributed by atoms with E-state index >= 15 is 0 Å². The number of hydrazone groups is 2. The van der Waals surface area contributed by atoms with Gasteiger partial charge in [-0.25, -0.2) is 5.43 Å². The van der Waals surface area contributed by atoms with Gasteiger partial charge >= 0.3 is 0 Å². The predicted molar refractivity (Wildman–Crippen MR) is 64.9 cm³/mol. The van der Waals surface area contributed by atoms with Gasteiger partial charge in [0.05, 0.1) is 17.8 Å². The molecule has 6 nitrogen and oxygen atoms in total. The van der Waals surface area contributed by atoms with Crippen LogP contribution in [0, 0.1) is 11.3 Å². The van der Waals surface area contributed by atoms with Crippen molar-refractivity contribution in [1.82, 2.24) is 5.43 Å². The van der Waals surface area contributed by atoms with Crippen LogP contribution in [0.25, 0.3) is 0 Å². The Kier molecular flexibility index (Phi) is 6.09. The van der Waals surface area contributed by atoms with E-state index in [-0.39, 0.29) is 18.4 Å². The van der Waals surface area contributed by atoms with Gasteiger partial charge in [0, 0.05) is 0 Å². The number of nitrogens with zero attached hydrogens (tertiary/aromatic N) is 3. The van der Waals surface area contributed by atoms with Crippen molar-refractivity contribution in [2.24, 2.45) is 21.8 Å². The average Bonchev–Trinajstić information content (AvgIpc) is 2.29. The molecule has 0 amide bonds. The van der Waals surface area contributed by atoms with E-state index < -0.39 is 0 Å². The largest absolute Gasteiger partial charge is 0.367 e. The second-order valence-electron chi connectivity index (χ2n) is 2.62. The molecule has 0 heterocycles. The molecule has 7 heteroatoms. The molecule has 0 aliphatic rings. The summed E-state index contributed by atoms with van der Waals surface area (Å²) in [6.45, 7) is 0. The minimum absolute atomic E-state index is 0. The molecular weight excluding hydrogens is 228 g/mol. The van der Waals surface area contributed by atoms with Crippen LogP contribution >= 0.6 is 12.4 Å². The van der Waals surface area contributed by atoms with Gasteiger partial charge in [-0.15, -0.1) is 17.5 Å². The number of halogens is 1. The average molecular weight is 239 g/mol. The SMILES string of the molecule is Cl.N#Cc1ccc(/C=N/N/C(N)=N\N)cc1. The van der Waals surface area contributed by atoms with Crippen LogP contribution in [0.5, 0.6) is 0 Å². The normalized spacial score (nSPS) is 10.6. The topological polar surface area (TPSA) is 113 Å². The first kappa shape index (κ1) is 13.7. The summed E-state index contributed by atoms with van der Waals surface area (Å²) < 4.78 is 0. The second-order valence-corrected chi connectivity index (χ2v) is 2.62. The van der Waals surface area contributed by atoms with Gasteiger partial charge in [-0.2, -0.15) is 10.4 Å². The third-order valence-corrected chi connectivity index (χ3v) is 1.57. The molecule has 0 radical (unpaired) electrons. The third kappa shape index (κ3) is 4.30. The van der Waals surface area contributed by atoms with Crippen LogP contribution in [-0.4, -0.2) is 12.2 Å². The number of nitrogens with one attached hydrogen (secondary N) is 1. The zero-order chi connectivity index (χ0) is 11.1. The first-order valence-electron chi connectivity index (χ1n) is 4.09. The number of hydrogen-bond acceptors (Lipinski definition) is 4. The number of guanidine groups is 1. The van der Waals surface area contributed by atoms with E-state index in [0.29, 0.717) is 5.56 Å². The summed E-state index contributed by atoms with van der Waals surface area (Å²) in [4.78, 5) is 0. The minimum atomic E-state index is 0. The molecule has 0 spiro atoms. The van der Waals surface area contributed by atoms with Crippen LogP contribution in [0.4, 0.5) is 0 Å². The number of nitrogens with two attached hydrogens (primary N) is 2. The van der Waals surface area contributed by atoms with E-state index in [4.69, 9.17) is 16.8 Å². The zero-order valence-electron chi connectivity index (χ0n) is 8.29. The lowest BCUT2D eigenvalue weighted by atomic mass is 10.2. The highest BCUT2D eigenvalue weighted by Gasteiger charge is 1.90. The van der Waals surface area contributed by atoms with Crippen LogP contribution in [0.15, 0.2) is 34.5 Å². The van der Waals surface area contributed by atoms with Gasteiger partial charge in [-0.3, -0.25) is 0 Å². The van der Waals surface area contributed by atoms with Crippen molar-refractivity contribution < 1.29 is 0 Å². The smallest absolute Gasteiger partial charge is 0.231 e. The van der Waals surface area contributed by atoms with Crippen molar-refractivity contribution in [3.05, 3.63) is 35.4 Å². The van der Waals surface area contributed by atoms with Crippen molar-refractivity contribution in [2.45, 2.75) is 0 Å². The van der Waals surface area contributed by atoms with Crippen molar-refractivity contribution in [2.75, 3.05) is 0 Å². The highest BCUT2D eigenvalue weighted by molar-refractivity contribution is 5.85. The van der Waals surface area contributed by atoms with Gasteiger partial charge < -0.3 is 11.6 Å². The molecule has 0 saturated heterocycles. The summed E-state index contributed by atoms with van der Waals surface area (Å²) in [5, 5.41) is 15.5. The highest BCUT2D eigenvalue weighted by atomic mass is 35.5. The molecule has 0 bridgehead atoms. The monoisotopic (exact) mass is 238 g/mol. The summed E-state index contributed by atoms with van der Waals surface area (Å²) in [6, 6.07) is 8.94. The lowest BCUT2D eigenvalue weighted by Gasteiger charge is -1.95. The van der Waals surface area contributed by atoms with E-state index in [1.807, 2.05) is 6.07 Å². The van der Waals surface area contributed by atoms with Crippen LogP contribution in [0.3, 0.4) is 0 Å². The van der Waals surface area contributed by atoms with Gasteiger partial charge in [0.1, 0.15) is 0 Å². The summed E-state index contributed by atoms with van der Waals surface area (Å²) in [5.74, 6) is 4.91. The summed E-state index contributed by atoms with van der Waals surface area (Å²) in [5.41, 5.74) is 9.10. The van der Waals surface area contributed by atoms with Crippen LogP contribution in [0.1, 0.15) is 11.1 Å². The Morgan fingerprint density at radius 3 is 2.50 bits per heavy atom. The summed E-state index contributed by atoms with van der Waals surface area (Å²) in [7, 11) is 0. The Morgan fingerprint density at radius 1 is 1.38 bits per heavy atom. The maximum absolute atomic E-state index is 8.57. The van der Waals surface area contributed by atoms with Gasteiger partial charge in [0.25, 0.3) is 0 Å². The number of benzene rings is 1. The maximum Gasteiger partial charge on any atom is 0.231 e. The van der Waals surface area contributed by atoms with Crippen molar-refractivity contribution in [3.8, 4) is 6.07 Å². The fourth-order valence-corrected chi connectivity index (χ4v) is 0.846. The molecule has 84 valence electrons. The Hall–Kier alpha value is -2.26. The summed E-state index contributed by atoms with van der Waals surface area (Å²) in [6.07, 6.45) is 1.54. The van der Waals surface area contributed by atoms with Crippen molar-refractivity contribution >= 4 is 24.6 Å². The predicted octanol–water partition coefficient (Wildman–Crippen LogP) is 0.0920. The minimum Gasteiger partial charge on any atom is -0.367 e. The molecule has 0 unspecified atom stereocenters. The van der Waals surface area contributed by atoms with Crippen LogP contribution < -0.4 is 17.0 Å². The lowest BCUT2D eigenvalue weighted by molar-refractivity contribution is 0.993. The third-order valence-electron chi connectivity index (χ3n) is 1.57. The van der Waals surface area contributed by atoms with Gasteiger partial charge in [0.15, 0.2) is 0 Å². The molecular formula is C9H11ClN6. The van der Waals surface area contributed by atoms with E-state index in [0.717, 1.165) is 5.56 Å². The number of nitriles is 1. The molecule has 1 rings (SSSR count). The molecule has 0 aliphatic heterocycles. The van der Waals surface area contributed by atoms with E-state index in [2.05, 4.69) is 15.6 Å². The lowest BCUT2D eigenvalue weighted by Crippen LogP contribution is -2.28. The molecule has 0 aromatic heterocycles. The van der Waals surface area contributed by atoms with Crippen molar-refractivity contribution in [1.29, 1.82) is 5.26 Å². The fraction of sp³-hybridized carbons (Fsp3) is 0. The van der Waals surface area contributed by atoms with Gasteiger partial charge in [-0.1, -0.05) is 12.1 Å². The Labute approximate surface area is 99.0 Å². The molecule has 0 fully saturated rings. The second kappa shape index (κ2) is 7.09. The molecule has 0 atom stereocenters. The van der Waals surface area contributed by atoms with Gasteiger partial charge in [-0.05, 0) is 17.7 Å². The van der Waals surface area contributed by atoms with E-state index in [1.165, 1.54) is 0 Å². The van der Waals surface area contributed by atoms with E-state index in [9.17, 15) is 0 Å². The van der Waals surface area contributed by atoms with Gasteiger partial charge in [0.2, 0.25) is 5.96 Å². The first-order chi connectivity index (χ1) is 7.26. The molecule has 5 N–H and O–H groups in total.